The average Bonchev–Trinajstić information content (AvgIpc) is 1.83. The van der Waals surface area contributed by atoms with Crippen LogP contribution in [0.1, 0.15) is 12.8 Å². The minimum atomic E-state index is -0.304. The van der Waals surface area contributed by atoms with Gasteiger partial charge < -0.3 is 0 Å². The molecule has 0 atom stereocenters. The Labute approximate surface area is 61.6 Å². The minimum Gasteiger partial charge on any atom is -0.289 e. The van der Waals surface area contributed by atoms with Crippen molar-refractivity contribution in [1.29, 1.82) is 0 Å². The van der Waals surface area contributed by atoms with Gasteiger partial charge in [0.1, 0.15) is 0 Å². The first-order valence-electron chi connectivity index (χ1n) is 2.30. The van der Waals surface area contributed by atoms with Gasteiger partial charge in [-0.15, -0.1) is 0 Å². The summed E-state index contributed by atoms with van der Waals surface area (Å²) >= 11 is 2.18. The standard InChI is InChI=1S/C4H8INO2/c5-3-1-2-4(7)6-8/h8H,1-3H2,(H,6,7). The molecule has 0 aromatic carbocycles. The van der Waals surface area contributed by atoms with Crippen molar-refractivity contribution < 1.29 is 10.0 Å². The summed E-state index contributed by atoms with van der Waals surface area (Å²) in [6, 6.07) is 0. The minimum absolute atomic E-state index is 0.304. The van der Waals surface area contributed by atoms with Crippen molar-refractivity contribution in [2.45, 2.75) is 12.8 Å². The van der Waals surface area contributed by atoms with Gasteiger partial charge in [-0.3, -0.25) is 10.0 Å². The van der Waals surface area contributed by atoms with E-state index in [1.165, 1.54) is 0 Å². The summed E-state index contributed by atoms with van der Waals surface area (Å²) in [5.74, 6) is -0.304. The molecule has 0 aliphatic heterocycles. The van der Waals surface area contributed by atoms with Crippen LogP contribution in [0.25, 0.3) is 0 Å². The van der Waals surface area contributed by atoms with E-state index in [0.29, 0.717) is 6.42 Å². The van der Waals surface area contributed by atoms with E-state index in [2.05, 4.69) is 22.6 Å². The maximum absolute atomic E-state index is 10.2. The molecule has 0 bridgehead atoms. The van der Waals surface area contributed by atoms with Gasteiger partial charge in [0.25, 0.3) is 0 Å². The van der Waals surface area contributed by atoms with E-state index in [1.807, 2.05) is 0 Å². The van der Waals surface area contributed by atoms with Crippen LogP contribution < -0.4 is 5.48 Å². The van der Waals surface area contributed by atoms with E-state index < -0.39 is 0 Å². The molecule has 0 aliphatic rings. The highest BCUT2D eigenvalue weighted by Gasteiger charge is 1.94. The largest absolute Gasteiger partial charge is 0.289 e. The van der Waals surface area contributed by atoms with Crippen LogP contribution in [0.3, 0.4) is 0 Å². The van der Waals surface area contributed by atoms with E-state index in [1.54, 1.807) is 5.48 Å². The molecule has 0 saturated carbocycles. The highest BCUT2D eigenvalue weighted by molar-refractivity contribution is 14.1. The van der Waals surface area contributed by atoms with E-state index in [4.69, 9.17) is 5.21 Å². The third kappa shape index (κ3) is 4.32. The number of hydroxylamine groups is 1. The van der Waals surface area contributed by atoms with Crippen LogP contribution >= 0.6 is 22.6 Å². The second kappa shape index (κ2) is 5.30. The molecule has 0 aliphatic carbocycles. The molecule has 3 nitrogen and oxygen atoms in total. The molecule has 0 heterocycles. The number of carbonyl (C=O) groups excluding carboxylic acids is 1. The lowest BCUT2D eigenvalue weighted by Crippen LogP contribution is -2.17. The van der Waals surface area contributed by atoms with Gasteiger partial charge in [-0.1, -0.05) is 22.6 Å². The molecule has 8 heavy (non-hydrogen) atoms. The summed E-state index contributed by atoms with van der Waals surface area (Å²) < 4.78 is 0.950. The Morgan fingerprint density at radius 2 is 2.38 bits per heavy atom. The van der Waals surface area contributed by atoms with Crippen molar-refractivity contribution in [3.63, 3.8) is 0 Å². The van der Waals surface area contributed by atoms with Gasteiger partial charge in [0.05, 0.1) is 0 Å². The summed E-state index contributed by atoms with van der Waals surface area (Å²) in [5.41, 5.74) is 1.56. The summed E-state index contributed by atoms with van der Waals surface area (Å²) in [7, 11) is 0. The lowest BCUT2D eigenvalue weighted by molar-refractivity contribution is -0.129. The molecule has 2 N–H and O–H groups in total. The topological polar surface area (TPSA) is 49.3 Å². The molecule has 0 unspecified atom stereocenters. The Kier molecular flexibility index (Phi) is 5.41. The molecular weight excluding hydrogens is 221 g/mol. The fraction of sp³-hybridized carbons (Fsp3) is 0.750. The van der Waals surface area contributed by atoms with Crippen LogP contribution in [-0.2, 0) is 4.79 Å². The molecule has 4 heteroatoms. The summed E-state index contributed by atoms with van der Waals surface area (Å²) in [5, 5.41) is 7.96. The molecule has 0 fully saturated rings. The number of hydrogen-bond acceptors (Lipinski definition) is 2. The Balaban J connectivity index is 2.99. The van der Waals surface area contributed by atoms with Crippen molar-refractivity contribution in [3.8, 4) is 0 Å². The van der Waals surface area contributed by atoms with E-state index in [0.717, 1.165) is 10.8 Å². The maximum atomic E-state index is 10.2. The lowest BCUT2D eigenvalue weighted by atomic mass is 10.3. The Morgan fingerprint density at radius 1 is 1.75 bits per heavy atom. The molecular formula is C4H8INO2. The highest BCUT2D eigenvalue weighted by Crippen LogP contribution is 1.92. The van der Waals surface area contributed by atoms with Gasteiger partial charge in [-0.05, 0) is 6.42 Å². The fourth-order valence-corrected chi connectivity index (χ4v) is 0.665. The quantitative estimate of drug-likeness (QED) is 0.324. The van der Waals surface area contributed by atoms with Crippen molar-refractivity contribution in [3.05, 3.63) is 0 Å². The van der Waals surface area contributed by atoms with Gasteiger partial charge in [-0.25, -0.2) is 5.48 Å². The summed E-state index contributed by atoms with van der Waals surface area (Å²) in [6.07, 6.45) is 1.24. The first-order chi connectivity index (χ1) is 3.81. The van der Waals surface area contributed by atoms with Crippen LogP contribution in [0.5, 0.6) is 0 Å². The maximum Gasteiger partial charge on any atom is 0.243 e. The first kappa shape index (κ1) is 8.16. The number of halogens is 1. The molecule has 0 spiro atoms. The fourth-order valence-electron chi connectivity index (χ4n) is 0.283. The second-order valence-electron chi connectivity index (χ2n) is 1.33. The van der Waals surface area contributed by atoms with Gasteiger partial charge in [0.15, 0.2) is 0 Å². The van der Waals surface area contributed by atoms with Gasteiger partial charge in [0, 0.05) is 10.8 Å². The first-order valence-corrected chi connectivity index (χ1v) is 3.82. The lowest BCUT2D eigenvalue weighted by Gasteiger charge is -1.92. The molecule has 0 aromatic heterocycles. The predicted molar refractivity (Wildman–Crippen MR) is 38.1 cm³/mol. The summed E-state index contributed by atoms with van der Waals surface area (Å²) in [6.45, 7) is 0. The predicted octanol–water partition coefficient (Wildman–Crippen LogP) is 0.707. The Bertz CT molecular complexity index is 76.4. The van der Waals surface area contributed by atoms with Gasteiger partial charge >= 0.3 is 0 Å². The van der Waals surface area contributed by atoms with E-state index in [9.17, 15) is 4.79 Å². The molecule has 1 amide bonds. The van der Waals surface area contributed by atoms with Gasteiger partial charge in [-0.2, -0.15) is 0 Å². The number of nitrogens with one attached hydrogen (secondary N) is 1. The van der Waals surface area contributed by atoms with Crippen LogP contribution in [-0.4, -0.2) is 15.5 Å². The van der Waals surface area contributed by atoms with Crippen LogP contribution in [0.15, 0.2) is 0 Å². The number of amides is 1. The normalized spacial score (nSPS) is 8.75. The smallest absolute Gasteiger partial charge is 0.243 e. The molecule has 0 rings (SSSR count). The molecule has 0 radical (unpaired) electrons. The number of rotatable bonds is 3. The van der Waals surface area contributed by atoms with E-state index in [-0.39, 0.29) is 5.91 Å². The number of carbonyl (C=O) groups is 1. The highest BCUT2D eigenvalue weighted by atomic mass is 127. The Hall–Kier alpha value is 0.160. The zero-order valence-corrected chi connectivity index (χ0v) is 6.51. The van der Waals surface area contributed by atoms with Crippen LogP contribution in [0.4, 0.5) is 0 Å². The number of alkyl halides is 1. The Morgan fingerprint density at radius 3 is 2.75 bits per heavy atom. The molecule has 48 valence electrons. The third-order valence-corrected chi connectivity index (χ3v) is 1.42. The molecule has 0 aromatic rings. The monoisotopic (exact) mass is 229 g/mol. The van der Waals surface area contributed by atoms with E-state index >= 15 is 0 Å². The van der Waals surface area contributed by atoms with Crippen molar-refractivity contribution in [2.75, 3.05) is 4.43 Å². The zero-order chi connectivity index (χ0) is 6.41. The molecule has 0 saturated heterocycles. The summed E-state index contributed by atoms with van der Waals surface area (Å²) in [4.78, 5) is 10.2. The zero-order valence-electron chi connectivity index (χ0n) is 4.35. The van der Waals surface area contributed by atoms with Gasteiger partial charge in [0.2, 0.25) is 5.91 Å². The van der Waals surface area contributed by atoms with Crippen LogP contribution in [0.2, 0.25) is 0 Å². The van der Waals surface area contributed by atoms with Crippen molar-refractivity contribution >= 4 is 28.5 Å². The average molecular weight is 229 g/mol. The number of hydrogen-bond donors (Lipinski definition) is 2. The SMILES string of the molecule is O=C(CCCI)NO. The van der Waals surface area contributed by atoms with Crippen molar-refractivity contribution in [2.24, 2.45) is 0 Å². The second-order valence-corrected chi connectivity index (χ2v) is 2.41. The third-order valence-electron chi connectivity index (χ3n) is 0.662. The van der Waals surface area contributed by atoms with Crippen LogP contribution in [0, 0.1) is 0 Å². The van der Waals surface area contributed by atoms with Crippen molar-refractivity contribution in [1.82, 2.24) is 5.48 Å².